The lowest BCUT2D eigenvalue weighted by Crippen LogP contribution is -2.23. The van der Waals surface area contributed by atoms with Gasteiger partial charge in [-0.1, -0.05) is 0 Å². The molecule has 0 aliphatic carbocycles. The molecule has 2 heterocycles. The van der Waals surface area contributed by atoms with Crippen LogP contribution >= 0.6 is 24.0 Å². The molecule has 3 rings (SSSR count). The van der Waals surface area contributed by atoms with Gasteiger partial charge in [-0.05, 0) is 24.3 Å². The van der Waals surface area contributed by atoms with Crippen LogP contribution in [-0.2, 0) is 6.54 Å². The zero-order valence-electron chi connectivity index (χ0n) is 14.9. The van der Waals surface area contributed by atoms with Gasteiger partial charge in [0.15, 0.2) is 17.5 Å². The number of benzene rings is 1. The SMILES string of the molecule is CN(C)c1cccnc1CN=C(N)Nc1ccc2c(c1)OCCCO2.I. The minimum absolute atomic E-state index is 0. The summed E-state index contributed by atoms with van der Waals surface area (Å²) in [6.07, 6.45) is 2.63. The van der Waals surface area contributed by atoms with E-state index in [4.69, 9.17) is 15.2 Å². The standard InChI is InChI=1S/C18H23N5O2.HI/c1-23(2)15-5-3-8-20-14(15)12-21-18(19)22-13-6-7-16-17(11-13)25-10-4-9-24-16;/h3,5-8,11H,4,9-10,12H2,1-2H3,(H3,19,21,22);1H. The summed E-state index contributed by atoms with van der Waals surface area (Å²) in [5.41, 5.74) is 8.71. The highest BCUT2D eigenvalue weighted by molar-refractivity contribution is 14.0. The molecule has 1 aromatic carbocycles. The van der Waals surface area contributed by atoms with Crippen LogP contribution in [0.4, 0.5) is 11.4 Å². The van der Waals surface area contributed by atoms with Crippen LogP contribution in [0.15, 0.2) is 41.5 Å². The van der Waals surface area contributed by atoms with Crippen LogP contribution in [0.2, 0.25) is 0 Å². The second-order valence-electron chi connectivity index (χ2n) is 5.90. The van der Waals surface area contributed by atoms with E-state index in [1.54, 1.807) is 6.20 Å². The number of fused-ring (bicyclic) bond motifs is 1. The summed E-state index contributed by atoms with van der Waals surface area (Å²) in [5, 5.41) is 3.08. The number of pyridine rings is 1. The Morgan fingerprint density at radius 3 is 2.77 bits per heavy atom. The number of ether oxygens (including phenoxy) is 2. The van der Waals surface area contributed by atoms with E-state index in [1.807, 2.05) is 49.3 Å². The van der Waals surface area contributed by atoms with Crippen molar-refractivity contribution in [3.05, 3.63) is 42.2 Å². The van der Waals surface area contributed by atoms with Crippen molar-refractivity contribution in [3.63, 3.8) is 0 Å². The lowest BCUT2D eigenvalue weighted by Gasteiger charge is -2.15. The highest BCUT2D eigenvalue weighted by atomic mass is 127. The molecule has 8 heteroatoms. The van der Waals surface area contributed by atoms with Crippen LogP contribution < -0.4 is 25.4 Å². The van der Waals surface area contributed by atoms with Gasteiger partial charge in [0.25, 0.3) is 0 Å². The van der Waals surface area contributed by atoms with Crippen molar-refractivity contribution in [2.24, 2.45) is 10.7 Å². The molecule has 3 N–H and O–H groups in total. The molecule has 0 bridgehead atoms. The normalized spacial score (nSPS) is 13.4. The molecule has 1 aliphatic heterocycles. The fraction of sp³-hybridized carbons (Fsp3) is 0.333. The van der Waals surface area contributed by atoms with Crippen LogP contribution in [0.3, 0.4) is 0 Å². The van der Waals surface area contributed by atoms with Gasteiger partial charge in [0.1, 0.15) is 0 Å². The Morgan fingerprint density at radius 1 is 1.23 bits per heavy atom. The Kier molecular flexibility index (Phi) is 7.31. The number of halogens is 1. The van der Waals surface area contributed by atoms with E-state index in [0.29, 0.717) is 25.7 Å². The number of nitrogens with one attached hydrogen (secondary N) is 1. The van der Waals surface area contributed by atoms with Gasteiger partial charge in [-0.15, -0.1) is 24.0 Å². The molecule has 2 aromatic rings. The van der Waals surface area contributed by atoms with Crippen LogP contribution in [-0.4, -0.2) is 38.3 Å². The van der Waals surface area contributed by atoms with E-state index in [1.165, 1.54) is 0 Å². The summed E-state index contributed by atoms with van der Waals surface area (Å²) in [7, 11) is 3.95. The molecular formula is C18H24IN5O2. The maximum atomic E-state index is 6.01. The minimum Gasteiger partial charge on any atom is -0.490 e. The van der Waals surface area contributed by atoms with Gasteiger partial charge in [0.2, 0.25) is 0 Å². The molecule has 1 aliphatic rings. The number of aliphatic imine (C=N–C) groups is 1. The van der Waals surface area contributed by atoms with Crippen molar-refractivity contribution >= 4 is 41.3 Å². The topological polar surface area (TPSA) is 85.0 Å². The Balaban J connectivity index is 0.00000243. The molecule has 7 nitrogen and oxygen atoms in total. The lowest BCUT2D eigenvalue weighted by atomic mass is 10.2. The van der Waals surface area contributed by atoms with Gasteiger partial charge in [-0.25, -0.2) is 4.99 Å². The largest absolute Gasteiger partial charge is 0.490 e. The summed E-state index contributed by atoms with van der Waals surface area (Å²) in [4.78, 5) is 10.8. The monoisotopic (exact) mass is 469 g/mol. The maximum absolute atomic E-state index is 6.01. The van der Waals surface area contributed by atoms with Crippen molar-refractivity contribution in [1.82, 2.24) is 4.98 Å². The van der Waals surface area contributed by atoms with E-state index >= 15 is 0 Å². The van der Waals surface area contributed by atoms with Gasteiger partial charge in [0.05, 0.1) is 31.1 Å². The molecule has 0 unspecified atom stereocenters. The smallest absolute Gasteiger partial charge is 0.193 e. The first-order valence-corrected chi connectivity index (χ1v) is 8.21. The molecule has 0 saturated carbocycles. The summed E-state index contributed by atoms with van der Waals surface area (Å²) in [5.74, 6) is 1.79. The fourth-order valence-corrected chi connectivity index (χ4v) is 2.55. The van der Waals surface area contributed by atoms with E-state index in [9.17, 15) is 0 Å². The van der Waals surface area contributed by atoms with E-state index in [0.717, 1.165) is 35.0 Å². The molecule has 0 radical (unpaired) electrons. The molecule has 0 atom stereocenters. The lowest BCUT2D eigenvalue weighted by molar-refractivity contribution is 0.297. The van der Waals surface area contributed by atoms with Crippen molar-refractivity contribution < 1.29 is 9.47 Å². The number of nitrogens with two attached hydrogens (primary N) is 1. The van der Waals surface area contributed by atoms with Gasteiger partial charge in [-0.3, -0.25) is 4.98 Å². The number of nitrogens with zero attached hydrogens (tertiary/aromatic N) is 3. The molecule has 140 valence electrons. The van der Waals surface area contributed by atoms with E-state index < -0.39 is 0 Å². The summed E-state index contributed by atoms with van der Waals surface area (Å²) >= 11 is 0. The van der Waals surface area contributed by atoms with Gasteiger partial charge >= 0.3 is 0 Å². The van der Waals surface area contributed by atoms with Crippen LogP contribution in [0.1, 0.15) is 12.1 Å². The van der Waals surface area contributed by atoms with Crippen LogP contribution in [0, 0.1) is 0 Å². The first kappa shape index (κ1) is 20.1. The Hall–Kier alpha value is -2.23. The third-order valence-corrected chi connectivity index (χ3v) is 3.77. The van der Waals surface area contributed by atoms with Gasteiger partial charge < -0.3 is 25.4 Å². The summed E-state index contributed by atoms with van der Waals surface area (Å²) in [6, 6.07) is 9.54. The first-order valence-electron chi connectivity index (χ1n) is 8.21. The number of aromatic nitrogens is 1. The number of hydrogen-bond acceptors (Lipinski definition) is 5. The summed E-state index contributed by atoms with van der Waals surface area (Å²) in [6.45, 7) is 1.71. The predicted molar refractivity (Wildman–Crippen MR) is 115 cm³/mol. The van der Waals surface area contributed by atoms with Crippen molar-refractivity contribution in [3.8, 4) is 11.5 Å². The molecule has 0 saturated heterocycles. The second-order valence-corrected chi connectivity index (χ2v) is 5.90. The highest BCUT2D eigenvalue weighted by Crippen LogP contribution is 2.32. The Morgan fingerprint density at radius 2 is 2.00 bits per heavy atom. The Bertz CT molecular complexity index is 767. The van der Waals surface area contributed by atoms with Crippen molar-refractivity contribution in [2.75, 3.05) is 37.5 Å². The number of anilines is 2. The number of hydrogen-bond donors (Lipinski definition) is 2. The average molecular weight is 469 g/mol. The predicted octanol–water partition coefficient (Wildman–Crippen LogP) is 2.85. The molecule has 1 aromatic heterocycles. The quantitative estimate of drug-likeness (QED) is 0.407. The molecular weight excluding hydrogens is 445 g/mol. The first-order chi connectivity index (χ1) is 12.1. The fourth-order valence-electron chi connectivity index (χ4n) is 2.55. The van der Waals surface area contributed by atoms with Crippen LogP contribution in [0.25, 0.3) is 0 Å². The van der Waals surface area contributed by atoms with E-state index in [-0.39, 0.29) is 24.0 Å². The van der Waals surface area contributed by atoms with Crippen molar-refractivity contribution in [1.29, 1.82) is 0 Å². The summed E-state index contributed by atoms with van der Waals surface area (Å²) < 4.78 is 11.3. The van der Waals surface area contributed by atoms with Gasteiger partial charge in [0, 0.05) is 38.5 Å². The second kappa shape index (κ2) is 9.46. The highest BCUT2D eigenvalue weighted by Gasteiger charge is 2.11. The van der Waals surface area contributed by atoms with Gasteiger partial charge in [-0.2, -0.15) is 0 Å². The third kappa shape index (κ3) is 5.13. The average Bonchev–Trinajstić information content (AvgIpc) is 2.85. The third-order valence-electron chi connectivity index (χ3n) is 3.77. The zero-order chi connectivity index (χ0) is 17.6. The van der Waals surface area contributed by atoms with Crippen molar-refractivity contribution in [2.45, 2.75) is 13.0 Å². The minimum atomic E-state index is 0. The molecule has 26 heavy (non-hydrogen) atoms. The molecule has 0 amide bonds. The van der Waals surface area contributed by atoms with Crippen LogP contribution in [0.5, 0.6) is 11.5 Å². The number of guanidine groups is 1. The zero-order valence-corrected chi connectivity index (χ0v) is 17.3. The molecule has 0 spiro atoms. The molecule has 0 fully saturated rings. The Labute approximate surface area is 170 Å². The maximum Gasteiger partial charge on any atom is 0.193 e. The van der Waals surface area contributed by atoms with E-state index in [2.05, 4.69) is 15.3 Å². The number of rotatable bonds is 4.